The van der Waals surface area contributed by atoms with E-state index < -0.39 is 5.91 Å². The Kier molecular flexibility index (Phi) is 23.3. The van der Waals surface area contributed by atoms with Crippen molar-refractivity contribution in [3.05, 3.63) is 25.3 Å². The number of hydrogen-bond donors (Lipinski definition) is 2. The minimum Gasteiger partial charge on any atom is -0.366 e. The van der Waals surface area contributed by atoms with Crippen LogP contribution in [0.25, 0.3) is 0 Å². The van der Waals surface area contributed by atoms with Crippen LogP contribution in [-0.4, -0.2) is 43.3 Å². The largest absolute Gasteiger partial charge is 0.366 e. The standard InChI is InChI=1S/C11H21NO.C4H9NO.C3H5NO/c1-3-5-6-7-8-9-10-12-11(13)4-2;1-4(6)5(2)3;1-2-3(4)5/h4H,2-3,5-10H2,1H3,(H,12,13);1-3H3;2H,1H2,(H2,4,5). The fourth-order valence-electron chi connectivity index (χ4n) is 1.19. The Morgan fingerprint density at radius 3 is 1.75 bits per heavy atom. The van der Waals surface area contributed by atoms with Gasteiger partial charge in [0.05, 0.1) is 0 Å². The van der Waals surface area contributed by atoms with E-state index in [1.807, 2.05) is 0 Å². The van der Waals surface area contributed by atoms with Crippen molar-refractivity contribution in [3.63, 3.8) is 0 Å². The van der Waals surface area contributed by atoms with Crippen molar-refractivity contribution in [2.45, 2.75) is 52.4 Å². The molecule has 0 saturated carbocycles. The zero-order valence-electron chi connectivity index (χ0n) is 15.8. The number of rotatable bonds is 9. The second kappa shape index (κ2) is 20.9. The van der Waals surface area contributed by atoms with Crippen LogP contribution < -0.4 is 11.1 Å². The monoisotopic (exact) mass is 341 g/mol. The van der Waals surface area contributed by atoms with Gasteiger partial charge in [-0.1, -0.05) is 52.2 Å². The lowest BCUT2D eigenvalue weighted by atomic mass is 10.1. The van der Waals surface area contributed by atoms with E-state index >= 15 is 0 Å². The van der Waals surface area contributed by atoms with Crippen LogP contribution in [0.15, 0.2) is 25.3 Å². The summed E-state index contributed by atoms with van der Waals surface area (Å²) in [7, 11) is 3.45. The lowest BCUT2D eigenvalue weighted by Gasteiger charge is -2.02. The first-order chi connectivity index (χ1) is 11.2. The van der Waals surface area contributed by atoms with Gasteiger partial charge >= 0.3 is 0 Å². The van der Waals surface area contributed by atoms with Gasteiger partial charge in [-0.15, -0.1) is 0 Å². The van der Waals surface area contributed by atoms with Crippen molar-refractivity contribution < 1.29 is 14.4 Å². The summed E-state index contributed by atoms with van der Waals surface area (Å²) in [5, 5.41) is 2.77. The third kappa shape index (κ3) is 32.0. The Bertz CT molecular complexity index is 367. The van der Waals surface area contributed by atoms with Gasteiger partial charge in [-0.2, -0.15) is 0 Å². The molecule has 140 valence electrons. The molecule has 3 amide bonds. The van der Waals surface area contributed by atoms with Crippen molar-refractivity contribution in [2.75, 3.05) is 20.6 Å². The maximum atomic E-state index is 10.7. The second-order valence-electron chi connectivity index (χ2n) is 5.28. The highest BCUT2D eigenvalue weighted by Crippen LogP contribution is 2.03. The van der Waals surface area contributed by atoms with Crippen LogP contribution in [0.3, 0.4) is 0 Å². The maximum Gasteiger partial charge on any atom is 0.243 e. The molecule has 0 aliphatic carbocycles. The van der Waals surface area contributed by atoms with Gasteiger partial charge in [0.15, 0.2) is 0 Å². The summed E-state index contributed by atoms with van der Waals surface area (Å²) in [6, 6.07) is 0. The van der Waals surface area contributed by atoms with Gasteiger partial charge in [-0.05, 0) is 18.6 Å². The number of nitrogens with one attached hydrogen (secondary N) is 1. The summed E-state index contributed by atoms with van der Waals surface area (Å²) in [6.45, 7) is 11.0. The smallest absolute Gasteiger partial charge is 0.243 e. The lowest BCUT2D eigenvalue weighted by Crippen LogP contribution is -2.21. The fraction of sp³-hybridized carbons (Fsp3) is 0.611. The minimum atomic E-state index is -0.481. The molecular weight excluding hydrogens is 306 g/mol. The van der Waals surface area contributed by atoms with Crippen molar-refractivity contribution in [1.82, 2.24) is 10.2 Å². The van der Waals surface area contributed by atoms with Crippen LogP contribution in [0.4, 0.5) is 0 Å². The van der Waals surface area contributed by atoms with Crippen LogP contribution >= 0.6 is 0 Å². The number of amides is 3. The summed E-state index contributed by atoms with van der Waals surface area (Å²) >= 11 is 0. The number of primary amides is 1. The van der Waals surface area contributed by atoms with Gasteiger partial charge in [0.1, 0.15) is 0 Å². The van der Waals surface area contributed by atoms with Gasteiger partial charge in [-0.3, -0.25) is 14.4 Å². The average molecular weight is 341 g/mol. The molecule has 0 unspecified atom stereocenters. The molecule has 6 heteroatoms. The molecule has 0 heterocycles. The van der Waals surface area contributed by atoms with Crippen molar-refractivity contribution in [2.24, 2.45) is 5.73 Å². The molecule has 0 radical (unpaired) electrons. The molecule has 3 N–H and O–H groups in total. The Balaban J connectivity index is -0.000000332. The van der Waals surface area contributed by atoms with Crippen LogP contribution in [0.2, 0.25) is 0 Å². The Morgan fingerprint density at radius 2 is 1.42 bits per heavy atom. The quantitative estimate of drug-likeness (QED) is 0.498. The maximum absolute atomic E-state index is 10.7. The van der Waals surface area contributed by atoms with Crippen LogP contribution in [-0.2, 0) is 14.4 Å². The highest BCUT2D eigenvalue weighted by Gasteiger charge is 1.92. The molecule has 0 aromatic heterocycles. The SMILES string of the molecule is C=CC(=O)NCCCCCCCC.C=CC(N)=O.CC(=O)N(C)C. The van der Waals surface area contributed by atoms with Crippen LogP contribution in [0, 0.1) is 0 Å². The molecule has 0 atom stereocenters. The van der Waals surface area contributed by atoms with E-state index in [0.29, 0.717) is 0 Å². The summed E-state index contributed by atoms with van der Waals surface area (Å²) in [6.07, 6.45) is 9.91. The third-order valence-electron chi connectivity index (χ3n) is 2.85. The lowest BCUT2D eigenvalue weighted by molar-refractivity contribution is -0.126. The normalized spacial score (nSPS) is 8.50. The molecule has 0 saturated heterocycles. The van der Waals surface area contributed by atoms with E-state index in [-0.39, 0.29) is 11.8 Å². The average Bonchev–Trinajstić information content (AvgIpc) is 2.54. The van der Waals surface area contributed by atoms with Gasteiger partial charge in [0, 0.05) is 27.6 Å². The Morgan fingerprint density at radius 1 is 1.00 bits per heavy atom. The molecule has 0 bridgehead atoms. The fourth-order valence-corrected chi connectivity index (χ4v) is 1.19. The van der Waals surface area contributed by atoms with Crippen LogP contribution in [0.1, 0.15) is 52.4 Å². The molecule has 0 aliphatic rings. The molecule has 0 fully saturated rings. The van der Waals surface area contributed by atoms with Gasteiger partial charge in [0.25, 0.3) is 0 Å². The van der Waals surface area contributed by atoms with Crippen molar-refractivity contribution >= 4 is 17.7 Å². The number of carbonyl (C=O) groups is 3. The Labute approximate surface area is 147 Å². The summed E-state index contributed by atoms with van der Waals surface area (Å²) in [5.41, 5.74) is 4.53. The zero-order valence-corrected chi connectivity index (χ0v) is 15.8. The predicted octanol–water partition coefficient (Wildman–Crippen LogP) is 2.40. The summed E-state index contributed by atoms with van der Waals surface area (Å²) < 4.78 is 0. The van der Waals surface area contributed by atoms with Crippen molar-refractivity contribution in [1.29, 1.82) is 0 Å². The molecule has 0 aromatic carbocycles. The predicted molar refractivity (Wildman–Crippen MR) is 100 cm³/mol. The topological polar surface area (TPSA) is 92.5 Å². The molecule has 0 rings (SSSR count). The van der Waals surface area contributed by atoms with E-state index in [4.69, 9.17) is 0 Å². The third-order valence-corrected chi connectivity index (χ3v) is 2.85. The zero-order chi connectivity index (χ0) is 19.4. The molecule has 6 nitrogen and oxygen atoms in total. The number of hydrogen-bond acceptors (Lipinski definition) is 3. The molecule has 0 aromatic rings. The van der Waals surface area contributed by atoms with E-state index in [1.165, 1.54) is 50.0 Å². The van der Waals surface area contributed by atoms with E-state index in [1.54, 1.807) is 14.1 Å². The highest BCUT2D eigenvalue weighted by molar-refractivity contribution is 5.86. The molecule has 24 heavy (non-hydrogen) atoms. The second-order valence-corrected chi connectivity index (χ2v) is 5.28. The number of nitrogens with zero attached hydrogens (tertiary/aromatic N) is 1. The summed E-state index contributed by atoms with van der Waals surface area (Å²) in [4.78, 5) is 31.8. The summed E-state index contributed by atoms with van der Waals surface area (Å²) in [5.74, 6) is -0.450. The van der Waals surface area contributed by atoms with Crippen LogP contribution in [0.5, 0.6) is 0 Å². The Hall–Kier alpha value is -2.11. The molecule has 0 aliphatic heterocycles. The number of nitrogens with two attached hydrogens (primary N) is 1. The molecular formula is C18H35N3O3. The first-order valence-electron chi connectivity index (χ1n) is 8.22. The van der Waals surface area contributed by atoms with Crippen molar-refractivity contribution in [3.8, 4) is 0 Å². The van der Waals surface area contributed by atoms with E-state index in [9.17, 15) is 14.4 Å². The minimum absolute atomic E-state index is 0.0615. The first kappa shape index (κ1) is 26.8. The number of unbranched alkanes of at least 4 members (excludes halogenated alkanes) is 5. The van der Waals surface area contributed by atoms with Gasteiger partial charge in [-0.25, -0.2) is 0 Å². The van der Waals surface area contributed by atoms with E-state index in [0.717, 1.165) is 19.0 Å². The van der Waals surface area contributed by atoms with Gasteiger partial charge < -0.3 is 16.0 Å². The molecule has 0 spiro atoms. The highest BCUT2D eigenvalue weighted by atomic mass is 16.2. The van der Waals surface area contributed by atoms with Gasteiger partial charge in [0.2, 0.25) is 17.7 Å². The van der Waals surface area contributed by atoms with E-state index in [2.05, 4.69) is 31.1 Å². The first-order valence-corrected chi connectivity index (χ1v) is 8.22. The number of carbonyl (C=O) groups excluding carboxylic acids is 3.